The van der Waals surface area contributed by atoms with E-state index in [1.165, 1.54) is 0 Å². The van der Waals surface area contributed by atoms with Gasteiger partial charge >= 0.3 is 0 Å². The third-order valence-electron chi connectivity index (χ3n) is 3.30. The van der Waals surface area contributed by atoms with E-state index in [0.717, 1.165) is 31.9 Å². The van der Waals surface area contributed by atoms with Crippen LogP contribution in [0.5, 0.6) is 0 Å². The number of hydrogen-bond acceptors (Lipinski definition) is 6. The minimum atomic E-state index is -0.178. The van der Waals surface area contributed by atoms with Crippen LogP contribution in [0.3, 0.4) is 0 Å². The van der Waals surface area contributed by atoms with Crippen LogP contribution in [0.1, 0.15) is 37.2 Å². The number of aromatic nitrogens is 2. The van der Waals surface area contributed by atoms with Gasteiger partial charge in [0.2, 0.25) is 0 Å². The molecule has 2 unspecified atom stereocenters. The Balaban J connectivity index is 0.00000200. The molecule has 20 heavy (non-hydrogen) atoms. The first-order valence-electron chi connectivity index (χ1n) is 6.69. The highest BCUT2D eigenvalue weighted by atomic mass is 35.5. The van der Waals surface area contributed by atoms with Crippen LogP contribution >= 0.6 is 12.4 Å². The van der Waals surface area contributed by atoms with Gasteiger partial charge in [-0.2, -0.15) is 4.98 Å². The zero-order valence-electron chi connectivity index (χ0n) is 12.0. The van der Waals surface area contributed by atoms with Crippen molar-refractivity contribution in [3.8, 4) is 0 Å². The van der Waals surface area contributed by atoms with Gasteiger partial charge in [-0.05, 0) is 20.4 Å². The van der Waals surface area contributed by atoms with Crippen LogP contribution in [0.2, 0.25) is 0 Å². The molecule has 0 amide bonds. The lowest BCUT2D eigenvalue weighted by Gasteiger charge is -2.30. The second-order valence-electron chi connectivity index (χ2n) is 4.78. The molecule has 1 fully saturated rings. The zero-order chi connectivity index (χ0) is 13.7. The van der Waals surface area contributed by atoms with Crippen molar-refractivity contribution in [3.63, 3.8) is 0 Å². The maximum Gasteiger partial charge on any atom is 0.255 e. The van der Waals surface area contributed by atoms with Crippen molar-refractivity contribution in [2.24, 2.45) is 0 Å². The molecule has 0 aromatic carbocycles. The molecule has 114 valence electrons. The summed E-state index contributed by atoms with van der Waals surface area (Å²) in [6, 6.07) is 0.173. The highest BCUT2D eigenvalue weighted by Gasteiger charge is 2.26. The number of ether oxygens (including phenoxy) is 1. The molecule has 1 aliphatic heterocycles. The van der Waals surface area contributed by atoms with Gasteiger partial charge < -0.3 is 14.6 Å². The average molecular weight is 303 g/mol. The van der Waals surface area contributed by atoms with Gasteiger partial charge in [-0.25, -0.2) is 0 Å². The number of likely N-dealkylation sites (N-methyl/N-ethyl adjacent to an activating group) is 1. The summed E-state index contributed by atoms with van der Waals surface area (Å²) >= 11 is 0. The summed E-state index contributed by atoms with van der Waals surface area (Å²) < 4.78 is 10.9. The Morgan fingerprint density at radius 2 is 2.45 bits per heavy atom. The first-order valence-corrected chi connectivity index (χ1v) is 6.69. The van der Waals surface area contributed by atoms with Gasteiger partial charge in [-0.1, -0.05) is 11.2 Å². The standard InChI is InChI=1S/C13H22N4O2.ClH/c1-4-5-8-18-10(2)13-15-12(16-19-13)11-9-14-6-7-17(11)3;/h4,10-11,14H,1,5-9H2,2-3H3;1H. The fourth-order valence-electron chi connectivity index (χ4n) is 2.04. The molecule has 2 atom stereocenters. The Bertz CT molecular complexity index is 413. The van der Waals surface area contributed by atoms with E-state index in [1.54, 1.807) is 0 Å². The highest BCUT2D eigenvalue weighted by Crippen LogP contribution is 2.21. The molecule has 6 nitrogen and oxygen atoms in total. The minimum Gasteiger partial charge on any atom is -0.368 e. The molecule has 1 aliphatic rings. The van der Waals surface area contributed by atoms with E-state index in [4.69, 9.17) is 9.26 Å². The molecule has 7 heteroatoms. The SMILES string of the molecule is C=CCCOC(C)c1nc(C2CNCCN2C)no1.Cl. The zero-order valence-corrected chi connectivity index (χ0v) is 12.9. The summed E-state index contributed by atoms with van der Waals surface area (Å²) in [5.41, 5.74) is 0. The van der Waals surface area contributed by atoms with Crippen molar-refractivity contribution in [2.45, 2.75) is 25.5 Å². The molecule has 2 rings (SSSR count). The largest absolute Gasteiger partial charge is 0.368 e. The van der Waals surface area contributed by atoms with Crippen molar-refractivity contribution in [2.75, 3.05) is 33.3 Å². The van der Waals surface area contributed by atoms with Crippen molar-refractivity contribution in [1.29, 1.82) is 0 Å². The Morgan fingerprint density at radius 1 is 1.65 bits per heavy atom. The quantitative estimate of drug-likeness (QED) is 0.638. The summed E-state index contributed by atoms with van der Waals surface area (Å²) in [4.78, 5) is 6.68. The van der Waals surface area contributed by atoms with Crippen molar-refractivity contribution in [1.82, 2.24) is 20.4 Å². The van der Waals surface area contributed by atoms with Crippen molar-refractivity contribution in [3.05, 3.63) is 24.4 Å². The molecular formula is C13H23ClN4O2. The Morgan fingerprint density at radius 3 is 3.15 bits per heavy atom. The van der Waals surface area contributed by atoms with Gasteiger partial charge in [0, 0.05) is 19.6 Å². The van der Waals surface area contributed by atoms with E-state index in [9.17, 15) is 0 Å². The topological polar surface area (TPSA) is 63.4 Å². The second-order valence-corrected chi connectivity index (χ2v) is 4.78. The van der Waals surface area contributed by atoms with Crippen LogP contribution in [-0.4, -0.2) is 48.3 Å². The fraction of sp³-hybridized carbons (Fsp3) is 0.692. The Labute approximate surface area is 126 Å². The lowest BCUT2D eigenvalue weighted by molar-refractivity contribution is 0.0459. The molecule has 1 saturated heterocycles. The van der Waals surface area contributed by atoms with E-state index < -0.39 is 0 Å². The summed E-state index contributed by atoms with van der Waals surface area (Å²) in [5, 5.41) is 7.41. The van der Waals surface area contributed by atoms with Gasteiger partial charge in [0.15, 0.2) is 5.82 Å². The number of hydrogen-bond donors (Lipinski definition) is 1. The average Bonchev–Trinajstić information content (AvgIpc) is 2.89. The number of piperazine rings is 1. The van der Waals surface area contributed by atoms with Crippen LogP contribution in [0.15, 0.2) is 17.2 Å². The van der Waals surface area contributed by atoms with Gasteiger partial charge in [-0.3, -0.25) is 4.90 Å². The number of nitrogens with one attached hydrogen (secondary N) is 1. The summed E-state index contributed by atoms with van der Waals surface area (Å²) in [7, 11) is 2.07. The number of rotatable bonds is 6. The maximum absolute atomic E-state index is 5.60. The third kappa shape index (κ3) is 4.28. The van der Waals surface area contributed by atoms with E-state index in [2.05, 4.69) is 34.0 Å². The molecule has 1 aromatic rings. The summed E-state index contributed by atoms with van der Waals surface area (Å²) in [5.74, 6) is 1.27. The normalized spacial score (nSPS) is 21.2. The third-order valence-corrected chi connectivity index (χ3v) is 3.30. The fourth-order valence-corrected chi connectivity index (χ4v) is 2.04. The Hall–Kier alpha value is -0.950. The molecule has 0 saturated carbocycles. The van der Waals surface area contributed by atoms with Gasteiger partial charge in [0.25, 0.3) is 5.89 Å². The van der Waals surface area contributed by atoms with E-state index in [0.29, 0.717) is 12.5 Å². The maximum atomic E-state index is 5.60. The van der Waals surface area contributed by atoms with Crippen LogP contribution in [0, 0.1) is 0 Å². The molecule has 1 N–H and O–H groups in total. The molecule has 0 spiro atoms. The van der Waals surface area contributed by atoms with Crippen LogP contribution in [0.25, 0.3) is 0 Å². The van der Waals surface area contributed by atoms with E-state index in [1.807, 2.05) is 13.0 Å². The highest BCUT2D eigenvalue weighted by molar-refractivity contribution is 5.85. The van der Waals surface area contributed by atoms with E-state index in [-0.39, 0.29) is 24.6 Å². The Kier molecular flexibility index (Phi) is 7.15. The summed E-state index contributed by atoms with van der Waals surface area (Å²) in [6.07, 6.45) is 2.47. The predicted molar refractivity (Wildman–Crippen MR) is 79.0 cm³/mol. The van der Waals surface area contributed by atoms with Crippen molar-refractivity contribution < 1.29 is 9.26 Å². The molecular weight excluding hydrogens is 280 g/mol. The predicted octanol–water partition coefficient (Wildman–Crippen LogP) is 1.72. The molecule has 0 aliphatic carbocycles. The minimum absolute atomic E-state index is 0. The monoisotopic (exact) mass is 302 g/mol. The van der Waals surface area contributed by atoms with Gasteiger partial charge in [0.05, 0.1) is 12.6 Å². The van der Waals surface area contributed by atoms with Gasteiger partial charge in [0.1, 0.15) is 6.10 Å². The van der Waals surface area contributed by atoms with E-state index >= 15 is 0 Å². The first kappa shape index (κ1) is 17.1. The van der Waals surface area contributed by atoms with Gasteiger partial charge in [-0.15, -0.1) is 19.0 Å². The number of nitrogens with zero attached hydrogens (tertiary/aromatic N) is 3. The van der Waals surface area contributed by atoms with Crippen molar-refractivity contribution >= 4 is 12.4 Å². The van der Waals surface area contributed by atoms with Crippen LogP contribution in [-0.2, 0) is 4.74 Å². The molecule has 1 aromatic heterocycles. The summed E-state index contributed by atoms with van der Waals surface area (Å²) in [6.45, 7) is 9.03. The second kappa shape index (κ2) is 8.36. The van der Waals surface area contributed by atoms with Crippen LogP contribution in [0.4, 0.5) is 0 Å². The number of halogens is 1. The smallest absolute Gasteiger partial charge is 0.255 e. The lowest BCUT2D eigenvalue weighted by Crippen LogP contribution is -2.44. The molecule has 0 radical (unpaired) electrons. The lowest BCUT2D eigenvalue weighted by atomic mass is 10.2. The molecule has 0 bridgehead atoms. The first-order chi connectivity index (χ1) is 9.22. The van der Waals surface area contributed by atoms with Crippen LogP contribution < -0.4 is 5.32 Å². The molecule has 2 heterocycles.